The molecular weight excluding hydrogens is 368 g/mol. The lowest BCUT2D eigenvalue weighted by molar-refractivity contribution is -0.120. The van der Waals surface area contributed by atoms with E-state index in [1.54, 1.807) is 7.11 Å². The van der Waals surface area contributed by atoms with Crippen molar-refractivity contribution in [3.63, 3.8) is 0 Å². The molecule has 0 radical (unpaired) electrons. The number of hydrogen-bond donors (Lipinski definition) is 2. The zero-order valence-corrected chi connectivity index (χ0v) is 16.9. The highest BCUT2D eigenvalue weighted by molar-refractivity contribution is 8.02. The largest absolute Gasteiger partial charge is 0.495 e. The Hall–Kier alpha value is -1.80. The van der Waals surface area contributed by atoms with Gasteiger partial charge in [0.25, 0.3) is 0 Å². The third kappa shape index (κ3) is 4.88. The van der Waals surface area contributed by atoms with Crippen LogP contribution in [0.15, 0.2) is 22.5 Å². The summed E-state index contributed by atoms with van der Waals surface area (Å²) in [5, 5.41) is 15.2. The molecule has 1 aliphatic rings. The van der Waals surface area contributed by atoms with Crippen LogP contribution in [0.5, 0.6) is 5.75 Å². The average Bonchev–Trinajstić information content (AvgIpc) is 3.27. The summed E-state index contributed by atoms with van der Waals surface area (Å²) in [6.07, 6.45) is 4.60. The molecule has 1 aromatic carbocycles. The molecule has 26 heavy (non-hydrogen) atoms. The van der Waals surface area contributed by atoms with Crippen LogP contribution in [0.3, 0.4) is 0 Å². The van der Waals surface area contributed by atoms with E-state index >= 15 is 0 Å². The molecule has 1 atom stereocenters. The van der Waals surface area contributed by atoms with Crippen LogP contribution in [0.2, 0.25) is 0 Å². The minimum Gasteiger partial charge on any atom is -0.495 e. The zero-order valence-electron chi connectivity index (χ0n) is 15.2. The Morgan fingerprint density at radius 1 is 1.35 bits per heavy atom. The van der Waals surface area contributed by atoms with E-state index in [1.165, 1.54) is 35.9 Å². The Morgan fingerprint density at radius 3 is 2.85 bits per heavy atom. The van der Waals surface area contributed by atoms with Crippen molar-refractivity contribution in [2.75, 3.05) is 12.4 Å². The van der Waals surface area contributed by atoms with Gasteiger partial charge in [0, 0.05) is 6.04 Å². The van der Waals surface area contributed by atoms with E-state index in [4.69, 9.17) is 4.74 Å². The highest BCUT2D eigenvalue weighted by Gasteiger charge is 2.22. The van der Waals surface area contributed by atoms with Gasteiger partial charge in [-0.15, -0.1) is 10.2 Å². The molecule has 3 rings (SSSR count). The summed E-state index contributed by atoms with van der Waals surface area (Å²) in [4.78, 5) is 12.3. The Bertz CT molecular complexity index is 759. The highest BCUT2D eigenvalue weighted by atomic mass is 32.2. The van der Waals surface area contributed by atoms with Gasteiger partial charge in [-0.3, -0.25) is 4.79 Å². The average molecular weight is 393 g/mol. The maximum Gasteiger partial charge on any atom is 0.233 e. The van der Waals surface area contributed by atoms with Crippen molar-refractivity contribution in [1.29, 1.82) is 0 Å². The summed E-state index contributed by atoms with van der Waals surface area (Å²) in [5.74, 6) is 0.830. The first-order valence-electron chi connectivity index (χ1n) is 8.77. The standard InChI is InChI=1S/C18H24N4O2S2/c1-11-8-9-15(24-3)14(10-11)20-17-21-22-18(26-17)25-12(2)16(23)19-13-6-4-5-7-13/h8-10,12-13H,4-7H2,1-3H3,(H,19,23)(H,20,21). The number of rotatable bonds is 7. The van der Waals surface area contributed by atoms with E-state index in [9.17, 15) is 4.79 Å². The summed E-state index contributed by atoms with van der Waals surface area (Å²) in [7, 11) is 1.64. The number of amides is 1. The summed E-state index contributed by atoms with van der Waals surface area (Å²) < 4.78 is 6.15. The van der Waals surface area contributed by atoms with Crippen molar-refractivity contribution in [2.45, 2.75) is 55.2 Å². The second-order valence-corrected chi connectivity index (χ2v) is 9.02. The van der Waals surface area contributed by atoms with Crippen molar-refractivity contribution in [2.24, 2.45) is 0 Å². The van der Waals surface area contributed by atoms with Gasteiger partial charge in [-0.1, -0.05) is 42.0 Å². The third-order valence-electron chi connectivity index (χ3n) is 4.35. The Kier molecular flexibility index (Phi) is 6.37. The molecule has 1 amide bonds. The maximum atomic E-state index is 12.3. The van der Waals surface area contributed by atoms with Crippen LogP contribution >= 0.6 is 23.1 Å². The number of benzene rings is 1. The molecular formula is C18H24N4O2S2. The lowest BCUT2D eigenvalue weighted by atomic mass is 10.2. The fourth-order valence-corrected chi connectivity index (χ4v) is 4.85. The molecule has 8 heteroatoms. The molecule has 0 bridgehead atoms. The topological polar surface area (TPSA) is 76.1 Å². The molecule has 1 aromatic heterocycles. The van der Waals surface area contributed by atoms with Gasteiger partial charge in [0.1, 0.15) is 5.75 Å². The fraction of sp³-hybridized carbons (Fsp3) is 0.500. The van der Waals surface area contributed by atoms with E-state index in [2.05, 4.69) is 20.8 Å². The molecule has 2 N–H and O–H groups in total. The van der Waals surface area contributed by atoms with Gasteiger partial charge in [-0.05, 0) is 44.4 Å². The van der Waals surface area contributed by atoms with Crippen LogP contribution in [0, 0.1) is 6.92 Å². The van der Waals surface area contributed by atoms with E-state index < -0.39 is 0 Å². The number of thioether (sulfide) groups is 1. The molecule has 6 nitrogen and oxygen atoms in total. The van der Waals surface area contributed by atoms with Gasteiger partial charge in [-0.2, -0.15) is 0 Å². The van der Waals surface area contributed by atoms with Gasteiger partial charge in [0.2, 0.25) is 11.0 Å². The number of carbonyl (C=O) groups excluding carboxylic acids is 1. The molecule has 0 saturated heterocycles. The molecule has 0 aliphatic heterocycles. The van der Waals surface area contributed by atoms with Crippen LogP contribution in [-0.4, -0.2) is 34.5 Å². The summed E-state index contributed by atoms with van der Waals surface area (Å²) in [5.41, 5.74) is 1.98. The molecule has 0 spiro atoms. The van der Waals surface area contributed by atoms with Gasteiger partial charge in [0.05, 0.1) is 18.0 Å². The monoisotopic (exact) mass is 392 g/mol. The molecule has 1 aliphatic carbocycles. The summed E-state index contributed by atoms with van der Waals surface area (Å²) >= 11 is 2.88. The molecule has 1 fully saturated rings. The van der Waals surface area contributed by atoms with Crippen molar-refractivity contribution in [3.8, 4) is 5.75 Å². The van der Waals surface area contributed by atoms with Crippen molar-refractivity contribution in [3.05, 3.63) is 23.8 Å². The summed E-state index contributed by atoms with van der Waals surface area (Å²) in [6, 6.07) is 6.26. The van der Waals surface area contributed by atoms with E-state index in [0.29, 0.717) is 11.2 Å². The SMILES string of the molecule is COc1ccc(C)cc1Nc1nnc(SC(C)C(=O)NC2CCCC2)s1. The Labute approximate surface area is 162 Å². The predicted molar refractivity (Wildman–Crippen MR) is 107 cm³/mol. The first-order chi connectivity index (χ1) is 12.5. The van der Waals surface area contributed by atoms with E-state index in [0.717, 1.165) is 34.2 Å². The van der Waals surface area contributed by atoms with Crippen LogP contribution in [0.1, 0.15) is 38.2 Å². The Balaban J connectivity index is 1.59. The molecule has 140 valence electrons. The van der Waals surface area contributed by atoms with Crippen molar-refractivity contribution >= 4 is 39.8 Å². The Morgan fingerprint density at radius 2 is 2.12 bits per heavy atom. The normalized spacial score (nSPS) is 15.7. The summed E-state index contributed by atoms with van der Waals surface area (Å²) in [6.45, 7) is 3.93. The quantitative estimate of drug-likeness (QED) is 0.690. The number of nitrogens with zero attached hydrogens (tertiary/aromatic N) is 2. The number of methoxy groups -OCH3 is 1. The molecule has 2 aromatic rings. The number of nitrogens with one attached hydrogen (secondary N) is 2. The zero-order chi connectivity index (χ0) is 18.5. The number of aryl methyl sites for hydroxylation is 1. The lowest BCUT2D eigenvalue weighted by Crippen LogP contribution is -2.37. The minimum absolute atomic E-state index is 0.0759. The van der Waals surface area contributed by atoms with Gasteiger partial charge >= 0.3 is 0 Å². The molecule has 1 unspecified atom stereocenters. The lowest BCUT2D eigenvalue weighted by Gasteiger charge is -2.15. The van der Waals surface area contributed by atoms with Crippen LogP contribution in [0.4, 0.5) is 10.8 Å². The first-order valence-corrected chi connectivity index (χ1v) is 10.5. The maximum absolute atomic E-state index is 12.3. The third-order valence-corrected chi connectivity index (χ3v) is 6.37. The number of aromatic nitrogens is 2. The number of anilines is 2. The van der Waals surface area contributed by atoms with Gasteiger partial charge in [-0.25, -0.2) is 0 Å². The first kappa shape index (κ1) is 19.0. The van der Waals surface area contributed by atoms with Gasteiger partial charge in [0.15, 0.2) is 4.34 Å². The minimum atomic E-state index is -0.190. The van der Waals surface area contributed by atoms with Gasteiger partial charge < -0.3 is 15.4 Å². The van der Waals surface area contributed by atoms with E-state index in [-0.39, 0.29) is 11.2 Å². The fourth-order valence-electron chi connectivity index (χ4n) is 2.94. The predicted octanol–water partition coefficient (Wildman–Crippen LogP) is 4.14. The smallest absolute Gasteiger partial charge is 0.233 e. The van der Waals surface area contributed by atoms with Crippen molar-refractivity contribution in [1.82, 2.24) is 15.5 Å². The molecule has 1 heterocycles. The number of carbonyl (C=O) groups is 1. The highest BCUT2D eigenvalue weighted by Crippen LogP contribution is 2.33. The molecule has 1 saturated carbocycles. The second kappa shape index (κ2) is 8.73. The van der Waals surface area contributed by atoms with Crippen LogP contribution in [-0.2, 0) is 4.79 Å². The van der Waals surface area contributed by atoms with Crippen LogP contribution in [0.25, 0.3) is 0 Å². The van der Waals surface area contributed by atoms with E-state index in [1.807, 2.05) is 32.0 Å². The number of ether oxygens (including phenoxy) is 1. The number of hydrogen-bond acceptors (Lipinski definition) is 7. The second-order valence-electron chi connectivity index (χ2n) is 6.45. The van der Waals surface area contributed by atoms with Crippen molar-refractivity contribution < 1.29 is 9.53 Å². The van der Waals surface area contributed by atoms with Crippen LogP contribution < -0.4 is 15.4 Å².